The first-order chi connectivity index (χ1) is 12.8. The van der Waals surface area contributed by atoms with E-state index in [1.54, 1.807) is 6.92 Å². The monoisotopic (exact) mass is 371 g/mol. The predicted octanol–water partition coefficient (Wildman–Crippen LogP) is 2.69. The van der Waals surface area contributed by atoms with Gasteiger partial charge in [-0.1, -0.05) is 30.3 Å². The molecule has 1 unspecified atom stereocenters. The molecule has 0 aliphatic carbocycles. The summed E-state index contributed by atoms with van der Waals surface area (Å²) in [6.45, 7) is 1.63. The van der Waals surface area contributed by atoms with Crippen LogP contribution in [0.5, 0.6) is 0 Å². The molecule has 2 rings (SSSR count). The summed E-state index contributed by atoms with van der Waals surface area (Å²) in [5.74, 6) is -1.53. The molecule has 0 aliphatic heterocycles. The second-order valence-electron chi connectivity index (χ2n) is 6.29. The third-order valence-electron chi connectivity index (χ3n) is 4.11. The SMILES string of the molecule is Cc1cc(C(=O)NC(CCC(=O)O)Cc2ccccc2)c(N)c([N+](=O)[O-])c1. The van der Waals surface area contributed by atoms with Gasteiger partial charge in [0, 0.05) is 18.5 Å². The van der Waals surface area contributed by atoms with Gasteiger partial charge in [-0.2, -0.15) is 0 Å². The van der Waals surface area contributed by atoms with Crippen molar-refractivity contribution in [2.24, 2.45) is 0 Å². The summed E-state index contributed by atoms with van der Waals surface area (Å²) in [5, 5.41) is 22.8. The van der Waals surface area contributed by atoms with Crippen molar-refractivity contribution in [2.75, 3.05) is 5.73 Å². The number of amides is 1. The number of carbonyl (C=O) groups is 2. The van der Waals surface area contributed by atoms with Gasteiger partial charge in [0.05, 0.1) is 10.5 Å². The van der Waals surface area contributed by atoms with Crippen LogP contribution in [0.15, 0.2) is 42.5 Å². The zero-order valence-electron chi connectivity index (χ0n) is 14.8. The first-order valence-corrected chi connectivity index (χ1v) is 8.39. The van der Waals surface area contributed by atoms with E-state index < -0.39 is 22.8 Å². The van der Waals surface area contributed by atoms with E-state index in [0.717, 1.165) is 5.56 Å². The molecule has 0 aromatic heterocycles. The van der Waals surface area contributed by atoms with Gasteiger partial charge in [0.1, 0.15) is 5.69 Å². The fraction of sp³-hybridized carbons (Fsp3) is 0.263. The Hall–Kier alpha value is -3.42. The van der Waals surface area contributed by atoms with E-state index >= 15 is 0 Å². The largest absolute Gasteiger partial charge is 0.481 e. The van der Waals surface area contributed by atoms with E-state index in [4.69, 9.17) is 10.8 Å². The highest BCUT2D eigenvalue weighted by atomic mass is 16.6. The van der Waals surface area contributed by atoms with Crippen molar-refractivity contribution in [2.45, 2.75) is 32.2 Å². The molecular weight excluding hydrogens is 350 g/mol. The number of nitrogen functional groups attached to an aromatic ring is 1. The molecule has 0 spiro atoms. The number of nitro benzene ring substituents is 1. The molecule has 2 aromatic rings. The minimum absolute atomic E-state index is 0.00934. The van der Waals surface area contributed by atoms with E-state index in [1.807, 2.05) is 30.3 Å². The average molecular weight is 371 g/mol. The van der Waals surface area contributed by atoms with E-state index in [0.29, 0.717) is 12.0 Å². The Labute approximate surface area is 156 Å². The van der Waals surface area contributed by atoms with Crippen molar-refractivity contribution in [3.05, 3.63) is 69.3 Å². The maximum Gasteiger partial charge on any atom is 0.303 e. The van der Waals surface area contributed by atoms with Crippen LogP contribution < -0.4 is 11.1 Å². The molecular formula is C19H21N3O5. The standard InChI is InChI=1S/C19H21N3O5/c1-12-9-15(18(20)16(10-12)22(26)27)19(25)21-14(7-8-17(23)24)11-13-5-3-2-4-6-13/h2-6,9-10,14H,7-8,11,20H2,1H3,(H,21,25)(H,23,24). The van der Waals surface area contributed by atoms with Crippen LogP contribution in [0.3, 0.4) is 0 Å². The van der Waals surface area contributed by atoms with Crippen molar-refractivity contribution in [1.82, 2.24) is 5.32 Å². The Kier molecular flexibility index (Phi) is 6.48. The topological polar surface area (TPSA) is 136 Å². The van der Waals surface area contributed by atoms with Crippen molar-refractivity contribution in [3.8, 4) is 0 Å². The van der Waals surface area contributed by atoms with Crippen LogP contribution in [0.2, 0.25) is 0 Å². The van der Waals surface area contributed by atoms with Crippen LogP contribution in [0.1, 0.15) is 34.3 Å². The van der Waals surface area contributed by atoms with Gasteiger partial charge in [0.15, 0.2) is 0 Å². The van der Waals surface area contributed by atoms with Gasteiger partial charge in [-0.25, -0.2) is 0 Å². The maximum absolute atomic E-state index is 12.7. The van der Waals surface area contributed by atoms with Gasteiger partial charge in [-0.15, -0.1) is 0 Å². The summed E-state index contributed by atoms with van der Waals surface area (Å²) in [5.41, 5.74) is 6.75. The number of aliphatic carboxylic acids is 1. The average Bonchev–Trinajstić information content (AvgIpc) is 2.61. The fourth-order valence-electron chi connectivity index (χ4n) is 2.80. The number of nitrogens with one attached hydrogen (secondary N) is 1. The van der Waals surface area contributed by atoms with E-state index in [2.05, 4.69) is 5.32 Å². The van der Waals surface area contributed by atoms with Gasteiger partial charge >= 0.3 is 5.97 Å². The van der Waals surface area contributed by atoms with E-state index in [9.17, 15) is 19.7 Å². The highest BCUT2D eigenvalue weighted by molar-refractivity contribution is 6.01. The maximum atomic E-state index is 12.7. The molecule has 1 atom stereocenters. The molecule has 0 saturated heterocycles. The van der Waals surface area contributed by atoms with Gasteiger partial charge < -0.3 is 16.2 Å². The molecule has 142 valence electrons. The fourth-order valence-corrected chi connectivity index (χ4v) is 2.80. The molecule has 0 aliphatic rings. The molecule has 1 amide bonds. The molecule has 0 bridgehead atoms. The second-order valence-corrected chi connectivity index (χ2v) is 6.29. The van der Waals surface area contributed by atoms with Gasteiger partial charge in [-0.05, 0) is 37.0 Å². The molecule has 2 aromatic carbocycles. The highest BCUT2D eigenvalue weighted by Gasteiger charge is 2.23. The van der Waals surface area contributed by atoms with Crippen LogP contribution in [0.25, 0.3) is 0 Å². The number of carboxylic acid groups (broad SMARTS) is 1. The minimum Gasteiger partial charge on any atom is -0.481 e. The number of nitrogens with two attached hydrogens (primary N) is 1. The van der Waals surface area contributed by atoms with Crippen LogP contribution in [-0.2, 0) is 11.2 Å². The molecule has 0 saturated carbocycles. The summed E-state index contributed by atoms with van der Waals surface area (Å²) in [7, 11) is 0. The van der Waals surface area contributed by atoms with Crippen molar-refractivity contribution < 1.29 is 19.6 Å². The van der Waals surface area contributed by atoms with E-state index in [1.165, 1.54) is 12.1 Å². The number of anilines is 1. The number of carboxylic acids is 1. The molecule has 8 heteroatoms. The molecule has 0 fully saturated rings. The molecule has 0 heterocycles. The molecule has 4 N–H and O–H groups in total. The Morgan fingerprint density at radius 2 is 1.93 bits per heavy atom. The van der Waals surface area contributed by atoms with Crippen LogP contribution >= 0.6 is 0 Å². The van der Waals surface area contributed by atoms with Crippen LogP contribution in [-0.4, -0.2) is 27.9 Å². The normalized spacial score (nSPS) is 11.6. The van der Waals surface area contributed by atoms with Crippen molar-refractivity contribution >= 4 is 23.3 Å². The number of nitrogens with zero attached hydrogens (tertiary/aromatic N) is 1. The predicted molar refractivity (Wildman–Crippen MR) is 101 cm³/mol. The first kappa shape index (κ1) is 19.9. The zero-order chi connectivity index (χ0) is 20.0. The number of rotatable bonds is 8. The zero-order valence-corrected chi connectivity index (χ0v) is 14.8. The Morgan fingerprint density at radius 3 is 2.52 bits per heavy atom. The first-order valence-electron chi connectivity index (χ1n) is 8.39. The van der Waals surface area contributed by atoms with E-state index in [-0.39, 0.29) is 29.8 Å². The number of hydrogen-bond donors (Lipinski definition) is 3. The summed E-state index contributed by atoms with van der Waals surface area (Å²) < 4.78 is 0. The number of aryl methyl sites for hydroxylation is 1. The summed E-state index contributed by atoms with van der Waals surface area (Å²) in [6, 6.07) is 11.7. The van der Waals surface area contributed by atoms with Crippen molar-refractivity contribution in [3.63, 3.8) is 0 Å². The lowest BCUT2D eigenvalue weighted by Gasteiger charge is -2.19. The number of hydrogen-bond acceptors (Lipinski definition) is 5. The van der Waals surface area contributed by atoms with Gasteiger partial charge in [0.2, 0.25) is 0 Å². The summed E-state index contributed by atoms with van der Waals surface area (Å²) >= 11 is 0. The van der Waals surface area contributed by atoms with Crippen LogP contribution in [0, 0.1) is 17.0 Å². The molecule has 8 nitrogen and oxygen atoms in total. The summed E-state index contributed by atoms with van der Waals surface area (Å²) in [6.07, 6.45) is 0.554. The molecule has 27 heavy (non-hydrogen) atoms. The number of carbonyl (C=O) groups excluding carboxylic acids is 1. The summed E-state index contributed by atoms with van der Waals surface area (Å²) in [4.78, 5) is 34.1. The second kappa shape index (κ2) is 8.79. The third-order valence-corrected chi connectivity index (χ3v) is 4.11. The lowest BCUT2D eigenvalue weighted by Crippen LogP contribution is -2.37. The lowest BCUT2D eigenvalue weighted by atomic mass is 10.0. The smallest absolute Gasteiger partial charge is 0.303 e. The third kappa shape index (κ3) is 5.53. The number of nitro groups is 1. The Balaban J connectivity index is 2.24. The van der Waals surface area contributed by atoms with Gasteiger partial charge in [0.25, 0.3) is 11.6 Å². The van der Waals surface area contributed by atoms with Crippen molar-refractivity contribution in [1.29, 1.82) is 0 Å². The van der Waals surface area contributed by atoms with Gasteiger partial charge in [-0.3, -0.25) is 19.7 Å². The minimum atomic E-state index is -0.965. The Bertz CT molecular complexity index is 852. The quantitative estimate of drug-likeness (QED) is 0.371. The Morgan fingerprint density at radius 1 is 1.26 bits per heavy atom. The number of benzene rings is 2. The highest BCUT2D eigenvalue weighted by Crippen LogP contribution is 2.27. The lowest BCUT2D eigenvalue weighted by molar-refractivity contribution is -0.384. The molecule has 0 radical (unpaired) electrons. The van der Waals surface area contributed by atoms with Crippen LogP contribution in [0.4, 0.5) is 11.4 Å².